The molecule has 25 heavy (non-hydrogen) atoms. The number of hydrogen-bond acceptors (Lipinski definition) is 4. The summed E-state index contributed by atoms with van der Waals surface area (Å²) in [7, 11) is -0.687. The first kappa shape index (κ1) is 18.9. The average Bonchev–Trinajstić information content (AvgIpc) is 2.58. The Morgan fingerprint density at radius 1 is 1.12 bits per heavy atom. The van der Waals surface area contributed by atoms with E-state index < -0.39 is 15.8 Å². The number of benzene rings is 2. The zero-order valence-electron chi connectivity index (χ0n) is 14.0. The van der Waals surface area contributed by atoms with Gasteiger partial charge >= 0.3 is 0 Å². The molecule has 2 aromatic carbocycles. The number of rotatable bonds is 7. The van der Waals surface area contributed by atoms with Gasteiger partial charge < -0.3 is 10.6 Å². The molecule has 8 heteroatoms. The summed E-state index contributed by atoms with van der Waals surface area (Å²) in [5.74, 6) is -0.727. The third kappa shape index (κ3) is 5.01. The maximum atomic E-state index is 13.1. The van der Waals surface area contributed by atoms with Crippen LogP contribution in [0.2, 0.25) is 0 Å². The number of sulfonamides is 1. The van der Waals surface area contributed by atoms with E-state index in [-0.39, 0.29) is 23.9 Å². The molecule has 2 aromatic rings. The third-order valence-electron chi connectivity index (χ3n) is 3.48. The lowest BCUT2D eigenvalue weighted by Crippen LogP contribution is -2.30. The molecular formula is C17H20FN3O3S. The van der Waals surface area contributed by atoms with Crippen molar-refractivity contribution in [3.05, 3.63) is 59.9 Å². The maximum Gasteiger partial charge on any atom is 0.242 e. The van der Waals surface area contributed by atoms with Gasteiger partial charge in [-0.25, -0.2) is 17.1 Å². The molecule has 0 atom stereocenters. The van der Waals surface area contributed by atoms with Gasteiger partial charge in [0.05, 0.1) is 11.4 Å². The predicted molar refractivity (Wildman–Crippen MR) is 94.1 cm³/mol. The topological polar surface area (TPSA) is 78.5 Å². The largest absolute Gasteiger partial charge is 0.376 e. The monoisotopic (exact) mass is 365 g/mol. The molecular weight excluding hydrogens is 345 g/mol. The molecule has 0 bridgehead atoms. The lowest BCUT2D eigenvalue weighted by atomic mass is 10.2. The quantitative estimate of drug-likeness (QED) is 0.784. The highest BCUT2D eigenvalue weighted by Gasteiger charge is 2.20. The molecule has 0 aliphatic heterocycles. The number of hydrogen-bond donors (Lipinski definition) is 2. The van der Waals surface area contributed by atoms with Gasteiger partial charge in [-0.2, -0.15) is 0 Å². The van der Waals surface area contributed by atoms with Gasteiger partial charge in [-0.3, -0.25) is 4.79 Å². The van der Waals surface area contributed by atoms with Gasteiger partial charge in [0.25, 0.3) is 0 Å². The standard InChI is InChI=1S/C17H20FN3O3S/c1-21(2)25(23,24)16-9-4-3-6-13(16)11-20-17(22)12-19-15-8-5-7-14(18)10-15/h3-10,19H,11-12H2,1-2H3,(H,20,22). The van der Waals surface area contributed by atoms with Gasteiger partial charge in [0.1, 0.15) is 5.82 Å². The van der Waals surface area contributed by atoms with Gasteiger partial charge in [0.15, 0.2) is 0 Å². The second kappa shape index (κ2) is 8.09. The molecule has 0 aliphatic carbocycles. The molecule has 0 aliphatic rings. The summed E-state index contributed by atoms with van der Waals surface area (Å²) in [5.41, 5.74) is 0.987. The van der Waals surface area contributed by atoms with Gasteiger partial charge in [-0.1, -0.05) is 24.3 Å². The van der Waals surface area contributed by atoms with Gasteiger partial charge in [0.2, 0.25) is 15.9 Å². The van der Waals surface area contributed by atoms with Crippen molar-refractivity contribution in [1.82, 2.24) is 9.62 Å². The highest BCUT2D eigenvalue weighted by atomic mass is 32.2. The fourth-order valence-electron chi connectivity index (χ4n) is 2.14. The molecule has 0 fully saturated rings. The zero-order valence-corrected chi connectivity index (χ0v) is 14.8. The van der Waals surface area contributed by atoms with Crippen molar-refractivity contribution in [3.63, 3.8) is 0 Å². The van der Waals surface area contributed by atoms with Crippen LogP contribution in [0.5, 0.6) is 0 Å². The van der Waals surface area contributed by atoms with Crippen molar-refractivity contribution in [3.8, 4) is 0 Å². The summed E-state index contributed by atoms with van der Waals surface area (Å²) < 4.78 is 38.8. The lowest BCUT2D eigenvalue weighted by molar-refractivity contribution is -0.119. The second-order valence-corrected chi connectivity index (χ2v) is 7.66. The van der Waals surface area contributed by atoms with Crippen LogP contribution in [-0.4, -0.2) is 39.3 Å². The molecule has 1 amide bonds. The normalized spacial score (nSPS) is 11.4. The Kier molecular flexibility index (Phi) is 6.11. The Morgan fingerprint density at radius 3 is 2.52 bits per heavy atom. The summed E-state index contributed by atoms with van der Waals surface area (Å²) >= 11 is 0. The number of amides is 1. The molecule has 6 nitrogen and oxygen atoms in total. The fraction of sp³-hybridized carbons (Fsp3) is 0.235. The molecule has 0 spiro atoms. The van der Waals surface area contributed by atoms with Crippen molar-refractivity contribution in [1.29, 1.82) is 0 Å². The summed E-state index contributed by atoms with van der Waals surface area (Å²) in [6, 6.07) is 12.3. The Labute approximate surface area is 146 Å². The fourth-order valence-corrected chi connectivity index (χ4v) is 3.25. The minimum atomic E-state index is -3.59. The SMILES string of the molecule is CN(C)S(=O)(=O)c1ccccc1CNC(=O)CNc1cccc(F)c1. The Balaban J connectivity index is 1.98. The minimum absolute atomic E-state index is 0.0496. The first-order valence-corrected chi connectivity index (χ1v) is 9.01. The lowest BCUT2D eigenvalue weighted by Gasteiger charge is -2.15. The Bertz CT molecular complexity index is 854. The van der Waals surface area contributed by atoms with Crippen molar-refractivity contribution in [2.24, 2.45) is 0 Å². The number of nitrogens with zero attached hydrogens (tertiary/aromatic N) is 1. The van der Waals surface area contributed by atoms with E-state index in [4.69, 9.17) is 0 Å². The molecule has 0 radical (unpaired) electrons. The third-order valence-corrected chi connectivity index (χ3v) is 5.40. The molecule has 134 valence electrons. The molecule has 0 saturated carbocycles. The van der Waals surface area contributed by atoms with E-state index in [9.17, 15) is 17.6 Å². The molecule has 0 unspecified atom stereocenters. The predicted octanol–water partition coefficient (Wildman–Crippen LogP) is 1.80. The molecule has 2 N–H and O–H groups in total. The smallest absolute Gasteiger partial charge is 0.242 e. The summed E-state index contributed by atoms with van der Waals surface area (Å²) in [6.45, 7) is 0.0267. The van der Waals surface area contributed by atoms with Crippen molar-refractivity contribution >= 4 is 21.6 Å². The second-order valence-electron chi connectivity index (χ2n) is 5.54. The van der Waals surface area contributed by atoms with E-state index in [1.54, 1.807) is 24.3 Å². The van der Waals surface area contributed by atoms with Crippen molar-refractivity contribution < 1.29 is 17.6 Å². The van der Waals surface area contributed by atoms with Crippen LogP contribution < -0.4 is 10.6 Å². The number of carbonyl (C=O) groups excluding carboxylic acids is 1. The highest BCUT2D eigenvalue weighted by Crippen LogP contribution is 2.18. The van der Waals surface area contributed by atoms with E-state index in [0.717, 1.165) is 4.31 Å². The number of anilines is 1. The van der Waals surface area contributed by atoms with E-state index >= 15 is 0 Å². The molecule has 2 rings (SSSR count). The first-order chi connectivity index (χ1) is 11.8. The highest BCUT2D eigenvalue weighted by molar-refractivity contribution is 7.89. The summed E-state index contributed by atoms with van der Waals surface area (Å²) in [4.78, 5) is 12.1. The van der Waals surface area contributed by atoms with Crippen LogP contribution >= 0.6 is 0 Å². The molecule has 0 heterocycles. The van der Waals surface area contributed by atoms with E-state index in [2.05, 4.69) is 10.6 Å². The molecule has 0 aromatic heterocycles. The van der Waals surface area contributed by atoms with E-state index in [1.807, 2.05) is 0 Å². The first-order valence-electron chi connectivity index (χ1n) is 7.57. The maximum absolute atomic E-state index is 13.1. The summed E-state index contributed by atoms with van der Waals surface area (Å²) in [5, 5.41) is 5.46. The Hall–Kier alpha value is -2.45. The molecule has 0 saturated heterocycles. The van der Waals surface area contributed by atoms with E-state index in [0.29, 0.717) is 11.3 Å². The number of nitrogens with one attached hydrogen (secondary N) is 2. The Morgan fingerprint density at radius 2 is 1.84 bits per heavy atom. The van der Waals surface area contributed by atoms with Crippen LogP contribution in [0.1, 0.15) is 5.56 Å². The van der Waals surface area contributed by atoms with Crippen molar-refractivity contribution in [2.45, 2.75) is 11.4 Å². The number of halogens is 1. The summed E-state index contributed by atoms with van der Waals surface area (Å²) in [6.07, 6.45) is 0. The van der Waals surface area contributed by atoms with Gasteiger partial charge in [-0.05, 0) is 29.8 Å². The van der Waals surface area contributed by atoms with Gasteiger partial charge in [-0.15, -0.1) is 0 Å². The zero-order chi connectivity index (χ0) is 18.4. The van der Waals surface area contributed by atoms with E-state index in [1.165, 1.54) is 38.4 Å². The minimum Gasteiger partial charge on any atom is -0.376 e. The van der Waals surface area contributed by atoms with Crippen LogP contribution in [0.25, 0.3) is 0 Å². The van der Waals surface area contributed by atoms with Crippen LogP contribution in [-0.2, 0) is 21.4 Å². The van der Waals surface area contributed by atoms with Gasteiger partial charge in [0, 0.05) is 26.3 Å². The average molecular weight is 365 g/mol. The van der Waals surface area contributed by atoms with Crippen LogP contribution in [0.3, 0.4) is 0 Å². The van der Waals surface area contributed by atoms with Crippen molar-refractivity contribution in [2.75, 3.05) is 26.0 Å². The van der Waals surface area contributed by atoms with Crippen LogP contribution in [0, 0.1) is 5.82 Å². The van der Waals surface area contributed by atoms with Crippen LogP contribution in [0.4, 0.5) is 10.1 Å². The number of carbonyl (C=O) groups is 1. The van der Waals surface area contributed by atoms with Crippen LogP contribution in [0.15, 0.2) is 53.4 Å².